The minimum Gasteiger partial charge on any atom is -0.392 e. The van der Waals surface area contributed by atoms with Crippen LogP contribution in [0.1, 0.15) is 5.56 Å². The maximum absolute atomic E-state index is 12.4. The van der Waals surface area contributed by atoms with Crippen molar-refractivity contribution in [3.05, 3.63) is 35.7 Å². The van der Waals surface area contributed by atoms with Gasteiger partial charge in [0.15, 0.2) is 0 Å². The zero-order valence-electron chi connectivity index (χ0n) is 6.17. The summed E-state index contributed by atoms with van der Waals surface area (Å²) in [6.07, 6.45) is 2.79. The van der Waals surface area contributed by atoms with Gasteiger partial charge in [0, 0.05) is 12.1 Å². The second kappa shape index (κ2) is 3.92. The van der Waals surface area contributed by atoms with Crippen molar-refractivity contribution >= 4 is 6.08 Å². The lowest BCUT2D eigenvalue weighted by Crippen LogP contribution is -1.88. The SMILES string of the molecule is OCC=Cc1cc(F)nc(F)c1. The summed E-state index contributed by atoms with van der Waals surface area (Å²) in [6.45, 7) is -0.161. The van der Waals surface area contributed by atoms with Crippen LogP contribution in [0.4, 0.5) is 8.78 Å². The number of aliphatic hydroxyl groups is 1. The summed E-state index contributed by atoms with van der Waals surface area (Å²) < 4.78 is 24.8. The molecule has 12 heavy (non-hydrogen) atoms. The third-order valence-electron chi connectivity index (χ3n) is 1.20. The van der Waals surface area contributed by atoms with Gasteiger partial charge in [0.2, 0.25) is 11.9 Å². The normalized spacial score (nSPS) is 10.9. The van der Waals surface area contributed by atoms with Crippen LogP contribution < -0.4 is 0 Å². The molecular weight excluding hydrogens is 164 g/mol. The fourth-order valence-electron chi connectivity index (χ4n) is 0.768. The quantitative estimate of drug-likeness (QED) is 0.681. The van der Waals surface area contributed by atoms with Gasteiger partial charge in [-0.3, -0.25) is 0 Å². The molecule has 0 saturated heterocycles. The van der Waals surface area contributed by atoms with Gasteiger partial charge in [-0.15, -0.1) is 0 Å². The highest BCUT2D eigenvalue weighted by atomic mass is 19.1. The van der Waals surface area contributed by atoms with Gasteiger partial charge >= 0.3 is 0 Å². The number of aromatic nitrogens is 1. The molecule has 1 heterocycles. The molecule has 64 valence electrons. The van der Waals surface area contributed by atoms with Crippen molar-refractivity contribution in [3.8, 4) is 0 Å². The molecule has 0 aliphatic carbocycles. The molecule has 0 bridgehead atoms. The van der Waals surface area contributed by atoms with E-state index in [2.05, 4.69) is 4.98 Å². The molecule has 0 aliphatic rings. The lowest BCUT2D eigenvalue weighted by atomic mass is 10.2. The average Bonchev–Trinajstić information content (AvgIpc) is 1.99. The van der Waals surface area contributed by atoms with Crippen molar-refractivity contribution in [1.29, 1.82) is 0 Å². The Morgan fingerprint density at radius 1 is 1.33 bits per heavy atom. The van der Waals surface area contributed by atoms with Crippen molar-refractivity contribution in [1.82, 2.24) is 4.98 Å². The van der Waals surface area contributed by atoms with E-state index < -0.39 is 11.9 Å². The molecule has 0 aliphatic heterocycles. The van der Waals surface area contributed by atoms with Gasteiger partial charge in [-0.1, -0.05) is 12.2 Å². The van der Waals surface area contributed by atoms with Crippen LogP contribution in [0.2, 0.25) is 0 Å². The van der Waals surface area contributed by atoms with Crippen molar-refractivity contribution in [3.63, 3.8) is 0 Å². The third-order valence-corrected chi connectivity index (χ3v) is 1.20. The van der Waals surface area contributed by atoms with Gasteiger partial charge in [0.1, 0.15) is 0 Å². The number of aliphatic hydroxyl groups excluding tert-OH is 1. The number of nitrogens with zero attached hydrogens (tertiary/aromatic N) is 1. The molecule has 2 nitrogen and oxygen atoms in total. The van der Waals surface area contributed by atoms with Crippen LogP contribution in [0.5, 0.6) is 0 Å². The summed E-state index contributed by atoms with van der Waals surface area (Å²) in [5, 5.41) is 8.38. The topological polar surface area (TPSA) is 33.1 Å². The standard InChI is InChI=1S/C8H7F2NO/c9-7-4-6(2-1-3-12)5-8(10)11-7/h1-2,4-5,12H,3H2. The summed E-state index contributed by atoms with van der Waals surface area (Å²) in [7, 11) is 0. The number of hydrogen-bond donors (Lipinski definition) is 1. The highest BCUT2D eigenvalue weighted by Crippen LogP contribution is 2.05. The Hall–Kier alpha value is -1.29. The Balaban J connectivity index is 2.93. The van der Waals surface area contributed by atoms with E-state index in [-0.39, 0.29) is 6.61 Å². The van der Waals surface area contributed by atoms with E-state index in [1.54, 1.807) is 0 Å². The minimum atomic E-state index is -0.868. The van der Waals surface area contributed by atoms with Crippen molar-refractivity contribution in [2.75, 3.05) is 6.61 Å². The zero-order chi connectivity index (χ0) is 8.97. The lowest BCUT2D eigenvalue weighted by molar-refractivity contribution is 0.343. The molecule has 0 spiro atoms. The van der Waals surface area contributed by atoms with Gasteiger partial charge in [-0.05, 0) is 5.56 Å². The van der Waals surface area contributed by atoms with E-state index in [1.807, 2.05) is 0 Å². The molecule has 1 aromatic rings. The van der Waals surface area contributed by atoms with Crippen molar-refractivity contribution < 1.29 is 13.9 Å². The maximum atomic E-state index is 12.4. The molecule has 0 radical (unpaired) electrons. The van der Waals surface area contributed by atoms with Gasteiger partial charge in [-0.2, -0.15) is 13.8 Å². The first-order valence-electron chi connectivity index (χ1n) is 3.33. The van der Waals surface area contributed by atoms with E-state index in [9.17, 15) is 8.78 Å². The van der Waals surface area contributed by atoms with Crippen LogP contribution >= 0.6 is 0 Å². The van der Waals surface area contributed by atoms with Crippen molar-refractivity contribution in [2.24, 2.45) is 0 Å². The maximum Gasteiger partial charge on any atom is 0.216 e. The van der Waals surface area contributed by atoms with E-state index in [4.69, 9.17) is 5.11 Å². The van der Waals surface area contributed by atoms with Crippen LogP contribution in [0.25, 0.3) is 6.08 Å². The Labute approximate surface area is 68.2 Å². The Bertz CT molecular complexity index is 279. The Kier molecular flexibility index (Phi) is 2.88. The first-order valence-corrected chi connectivity index (χ1v) is 3.33. The molecule has 1 rings (SSSR count). The number of rotatable bonds is 2. The van der Waals surface area contributed by atoms with Gasteiger partial charge in [0.25, 0.3) is 0 Å². The molecular formula is C8H7F2NO. The predicted octanol–water partition coefficient (Wildman–Crippen LogP) is 1.37. The predicted molar refractivity (Wildman–Crippen MR) is 40.3 cm³/mol. The summed E-state index contributed by atoms with van der Waals surface area (Å²) in [4.78, 5) is 2.91. The molecule has 0 fully saturated rings. The van der Waals surface area contributed by atoms with Crippen LogP contribution in [-0.2, 0) is 0 Å². The van der Waals surface area contributed by atoms with Gasteiger partial charge < -0.3 is 5.11 Å². The number of halogens is 2. The largest absolute Gasteiger partial charge is 0.392 e. The monoisotopic (exact) mass is 171 g/mol. The fraction of sp³-hybridized carbons (Fsp3) is 0.125. The van der Waals surface area contributed by atoms with Gasteiger partial charge in [-0.25, -0.2) is 0 Å². The average molecular weight is 171 g/mol. The third kappa shape index (κ3) is 2.39. The van der Waals surface area contributed by atoms with E-state index in [0.717, 1.165) is 12.1 Å². The summed E-state index contributed by atoms with van der Waals surface area (Å²) in [6, 6.07) is 2.16. The molecule has 0 saturated carbocycles. The summed E-state index contributed by atoms with van der Waals surface area (Å²) in [5.41, 5.74) is 0.342. The number of hydrogen-bond acceptors (Lipinski definition) is 2. The van der Waals surface area contributed by atoms with E-state index in [1.165, 1.54) is 12.2 Å². The Morgan fingerprint density at radius 3 is 2.42 bits per heavy atom. The minimum absolute atomic E-state index is 0.161. The van der Waals surface area contributed by atoms with Crippen LogP contribution in [0, 0.1) is 11.9 Å². The van der Waals surface area contributed by atoms with Crippen molar-refractivity contribution in [2.45, 2.75) is 0 Å². The summed E-state index contributed by atoms with van der Waals surface area (Å²) in [5.74, 6) is -1.74. The lowest BCUT2D eigenvalue weighted by Gasteiger charge is -1.93. The molecule has 4 heteroatoms. The van der Waals surface area contributed by atoms with E-state index >= 15 is 0 Å². The molecule has 0 unspecified atom stereocenters. The molecule has 1 aromatic heterocycles. The highest BCUT2D eigenvalue weighted by molar-refractivity contribution is 5.48. The molecule has 0 amide bonds. The Morgan fingerprint density at radius 2 is 1.92 bits per heavy atom. The van der Waals surface area contributed by atoms with Crippen LogP contribution in [-0.4, -0.2) is 16.7 Å². The second-order valence-corrected chi connectivity index (χ2v) is 2.13. The fourth-order valence-corrected chi connectivity index (χ4v) is 0.768. The van der Waals surface area contributed by atoms with E-state index in [0.29, 0.717) is 5.56 Å². The zero-order valence-corrected chi connectivity index (χ0v) is 6.17. The van der Waals surface area contributed by atoms with Gasteiger partial charge in [0.05, 0.1) is 6.61 Å². The highest BCUT2D eigenvalue weighted by Gasteiger charge is 1.97. The molecule has 0 atom stereocenters. The first kappa shape index (κ1) is 8.80. The first-order chi connectivity index (χ1) is 5.72. The number of pyridine rings is 1. The second-order valence-electron chi connectivity index (χ2n) is 2.13. The molecule has 0 aromatic carbocycles. The summed E-state index contributed by atoms with van der Waals surface area (Å²) >= 11 is 0. The van der Waals surface area contributed by atoms with Crippen LogP contribution in [0.3, 0.4) is 0 Å². The van der Waals surface area contributed by atoms with Crippen LogP contribution in [0.15, 0.2) is 18.2 Å². The smallest absolute Gasteiger partial charge is 0.216 e. The molecule has 1 N–H and O–H groups in total.